The minimum absolute atomic E-state index is 0.739. The summed E-state index contributed by atoms with van der Waals surface area (Å²) in [5.74, 6) is 1.32. The maximum atomic E-state index is 3.71. The molecule has 2 nitrogen and oxygen atoms in total. The molecule has 1 fully saturated rings. The van der Waals surface area contributed by atoms with Crippen molar-refractivity contribution in [2.45, 2.75) is 58.0 Å². The molecular weight excluding hydrogens is 228 g/mol. The van der Waals surface area contributed by atoms with E-state index < -0.39 is 0 Å². The zero-order chi connectivity index (χ0) is 12.5. The zero-order valence-electron chi connectivity index (χ0n) is 11.9. The normalized spacial score (nSPS) is 26.3. The number of rotatable bonds is 8. The van der Waals surface area contributed by atoms with Crippen LogP contribution >= 0.6 is 11.8 Å². The molecule has 102 valence electrons. The Bertz CT molecular complexity index is 187. The third kappa shape index (κ3) is 5.62. The van der Waals surface area contributed by atoms with Crippen LogP contribution < -0.4 is 5.32 Å². The van der Waals surface area contributed by atoms with E-state index in [0.29, 0.717) is 0 Å². The molecule has 1 aliphatic rings. The van der Waals surface area contributed by atoms with Crippen molar-refractivity contribution in [2.24, 2.45) is 0 Å². The zero-order valence-corrected chi connectivity index (χ0v) is 12.7. The summed E-state index contributed by atoms with van der Waals surface area (Å²) in [6, 6.07) is 1.51. The molecule has 0 aromatic carbocycles. The second-order valence-corrected chi connectivity index (χ2v) is 6.14. The third-order valence-corrected chi connectivity index (χ3v) is 4.46. The van der Waals surface area contributed by atoms with Crippen LogP contribution in [0.4, 0.5) is 0 Å². The molecule has 3 heteroatoms. The molecule has 0 amide bonds. The van der Waals surface area contributed by atoms with Crippen LogP contribution in [0.2, 0.25) is 0 Å². The van der Waals surface area contributed by atoms with Crippen LogP contribution in [-0.2, 0) is 0 Å². The molecule has 0 aliphatic carbocycles. The summed E-state index contributed by atoms with van der Waals surface area (Å²) < 4.78 is 0. The van der Waals surface area contributed by atoms with Crippen LogP contribution in [0.5, 0.6) is 0 Å². The molecule has 0 radical (unpaired) electrons. The average molecular weight is 258 g/mol. The van der Waals surface area contributed by atoms with Gasteiger partial charge in [0.25, 0.3) is 0 Å². The second-order valence-electron chi connectivity index (χ2n) is 5.15. The fourth-order valence-electron chi connectivity index (χ4n) is 2.71. The first-order valence-corrected chi connectivity index (χ1v) is 8.67. The van der Waals surface area contributed by atoms with Gasteiger partial charge >= 0.3 is 0 Å². The first-order valence-electron chi connectivity index (χ1n) is 7.28. The van der Waals surface area contributed by atoms with E-state index in [1.165, 1.54) is 57.5 Å². The second kappa shape index (κ2) is 9.23. The third-order valence-electron chi connectivity index (χ3n) is 3.77. The van der Waals surface area contributed by atoms with Gasteiger partial charge in [-0.05, 0) is 44.2 Å². The summed E-state index contributed by atoms with van der Waals surface area (Å²) in [6.07, 6.45) is 8.87. The molecule has 2 unspecified atom stereocenters. The first kappa shape index (κ1) is 15.3. The van der Waals surface area contributed by atoms with Gasteiger partial charge in [0.1, 0.15) is 0 Å². The number of unbranched alkanes of at least 4 members (excludes halogenated alkanes) is 1. The van der Waals surface area contributed by atoms with Gasteiger partial charge in [-0.15, -0.1) is 0 Å². The van der Waals surface area contributed by atoms with Gasteiger partial charge in [0.15, 0.2) is 0 Å². The predicted octanol–water partition coefficient (Wildman–Crippen LogP) is 2.98. The lowest BCUT2D eigenvalue weighted by atomic mass is 10.0. The molecule has 0 spiro atoms. The Morgan fingerprint density at radius 1 is 1.29 bits per heavy atom. The molecule has 0 aromatic heterocycles. The minimum Gasteiger partial charge on any atom is -0.311 e. The van der Waals surface area contributed by atoms with Crippen molar-refractivity contribution < 1.29 is 0 Å². The number of nitrogens with one attached hydrogen (secondary N) is 1. The van der Waals surface area contributed by atoms with E-state index in [1.807, 2.05) is 11.8 Å². The van der Waals surface area contributed by atoms with Crippen LogP contribution in [0.3, 0.4) is 0 Å². The highest BCUT2D eigenvalue weighted by Crippen LogP contribution is 2.14. The molecule has 0 bridgehead atoms. The average Bonchev–Trinajstić information content (AvgIpc) is 2.35. The van der Waals surface area contributed by atoms with E-state index >= 15 is 0 Å². The van der Waals surface area contributed by atoms with Crippen LogP contribution in [0.1, 0.15) is 46.0 Å². The largest absolute Gasteiger partial charge is 0.311 e. The lowest BCUT2D eigenvalue weighted by Gasteiger charge is -2.40. The highest BCUT2D eigenvalue weighted by atomic mass is 32.2. The van der Waals surface area contributed by atoms with E-state index in [4.69, 9.17) is 0 Å². The van der Waals surface area contributed by atoms with Gasteiger partial charge < -0.3 is 5.32 Å². The van der Waals surface area contributed by atoms with E-state index in [-0.39, 0.29) is 0 Å². The summed E-state index contributed by atoms with van der Waals surface area (Å²) in [4.78, 5) is 2.73. The predicted molar refractivity (Wildman–Crippen MR) is 80.0 cm³/mol. The molecule has 0 saturated carbocycles. The van der Waals surface area contributed by atoms with Gasteiger partial charge in [0.2, 0.25) is 0 Å². The Labute approximate surface area is 112 Å². The van der Waals surface area contributed by atoms with Gasteiger partial charge in [0, 0.05) is 25.2 Å². The van der Waals surface area contributed by atoms with Crippen LogP contribution in [0.15, 0.2) is 0 Å². The van der Waals surface area contributed by atoms with Crippen molar-refractivity contribution in [1.82, 2.24) is 10.2 Å². The minimum atomic E-state index is 0.739. The quantitative estimate of drug-likeness (QED) is 0.674. The Kier molecular flexibility index (Phi) is 8.33. The van der Waals surface area contributed by atoms with Crippen molar-refractivity contribution in [3.05, 3.63) is 0 Å². The van der Waals surface area contributed by atoms with Gasteiger partial charge in [-0.2, -0.15) is 11.8 Å². The SMILES string of the molecule is CCCC1CN(CCCCSC)C(CC)CN1. The fraction of sp³-hybridized carbons (Fsp3) is 1.00. The summed E-state index contributed by atoms with van der Waals surface area (Å²) in [5, 5.41) is 3.71. The monoisotopic (exact) mass is 258 g/mol. The highest BCUT2D eigenvalue weighted by Gasteiger charge is 2.25. The summed E-state index contributed by atoms with van der Waals surface area (Å²) in [6.45, 7) is 8.38. The van der Waals surface area contributed by atoms with Crippen LogP contribution in [0.25, 0.3) is 0 Å². The maximum absolute atomic E-state index is 3.71. The number of thioether (sulfide) groups is 1. The molecule has 0 aromatic rings. The molecule has 1 heterocycles. The fourth-order valence-corrected chi connectivity index (χ4v) is 3.20. The number of hydrogen-bond donors (Lipinski definition) is 1. The Balaban J connectivity index is 2.29. The van der Waals surface area contributed by atoms with Gasteiger partial charge in [-0.1, -0.05) is 20.3 Å². The van der Waals surface area contributed by atoms with Crippen molar-refractivity contribution >= 4 is 11.8 Å². The molecule has 1 N–H and O–H groups in total. The Hall–Kier alpha value is 0.270. The Morgan fingerprint density at radius 2 is 2.12 bits per heavy atom. The summed E-state index contributed by atoms with van der Waals surface area (Å²) in [5.41, 5.74) is 0. The van der Waals surface area contributed by atoms with Crippen molar-refractivity contribution in [3.63, 3.8) is 0 Å². The molecular formula is C14H30N2S. The number of piperazine rings is 1. The van der Waals surface area contributed by atoms with E-state index in [2.05, 4.69) is 30.3 Å². The van der Waals surface area contributed by atoms with E-state index in [9.17, 15) is 0 Å². The van der Waals surface area contributed by atoms with Gasteiger partial charge in [-0.25, -0.2) is 0 Å². The van der Waals surface area contributed by atoms with E-state index in [0.717, 1.165) is 12.1 Å². The number of hydrogen-bond acceptors (Lipinski definition) is 3. The molecule has 2 atom stereocenters. The van der Waals surface area contributed by atoms with Crippen LogP contribution in [-0.4, -0.2) is 48.6 Å². The van der Waals surface area contributed by atoms with Crippen molar-refractivity contribution in [2.75, 3.05) is 31.6 Å². The molecule has 1 saturated heterocycles. The Morgan fingerprint density at radius 3 is 2.76 bits per heavy atom. The molecule has 1 rings (SSSR count). The molecule has 17 heavy (non-hydrogen) atoms. The smallest absolute Gasteiger partial charge is 0.0218 e. The highest BCUT2D eigenvalue weighted by molar-refractivity contribution is 7.98. The van der Waals surface area contributed by atoms with Gasteiger partial charge in [0.05, 0.1) is 0 Å². The lowest BCUT2D eigenvalue weighted by molar-refractivity contribution is 0.121. The maximum Gasteiger partial charge on any atom is 0.0218 e. The summed E-state index contributed by atoms with van der Waals surface area (Å²) in [7, 11) is 0. The topological polar surface area (TPSA) is 15.3 Å². The van der Waals surface area contributed by atoms with Gasteiger partial charge in [-0.3, -0.25) is 4.90 Å². The van der Waals surface area contributed by atoms with E-state index in [1.54, 1.807) is 0 Å². The molecule has 1 aliphatic heterocycles. The summed E-state index contributed by atoms with van der Waals surface area (Å²) >= 11 is 1.97. The lowest BCUT2D eigenvalue weighted by Crippen LogP contribution is -2.56. The van der Waals surface area contributed by atoms with Crippen LogP contribution in [0, 0.1) is 0 Å². The van der Waals surface area contributed by atoms with Crippen molar-refractivity contribution in [3.8, 4) is 0 Å². The first-order chi connectivity index (χ1) is 8.31. The number of nitrogens with zero attached hydrogens (tertiary/aromatic N) is 1. The van der Waals surface area contributed by atoms with Crippen molar-refractivity contribution in [1.29, 1.82) is 0 Å². The standard InChI is InChI=1S/C14H30N2S/c1-4-8-13-12-16(9-6-7-10-17-3)14(5-2)11-15-13/h13-15H,4-12H2,1-3H3.